The van der Waals surface area contributed by atoms with Gasteiger partial charge in [0, 0.05) is 10.2 Å². The van der Waals surface area contributed by atoms with Crippen LogP contribution in [0.5, 0.6) is 0 Å². The molecule has 3 N–H and O–H groups in total. The normalized spacial score (nSPS) is 22.8. The fourth-order valence-corrected chi connectivity index (χ4v) is 2.39. The number of nitrogen functional groups attached to an aromatic ring is 1. The van der Waals surface area contributed by atoms with Gasteiger partial charge in [-0.2, -0.15) is 0 Å². The predicted molar refractivity (Wildman–Crippen MR) is 76.3 cm³/mol. The van der Waals surface area contributed by atoms with Crippen LogP contribution >= 0.6 is 15.9 Å². The second-order valence-corrected chi connectivity index (χ2v) is 5.77. The van der Waals surface area contributed by atoms with Gasteiger partial charge >= 0.3 is 6.03 Å². The number of carbonyl (C=O) groups excluding carboxylic acids is 2. The number of rotatable bonds is 3. The SMILES string of the molecule is CCC1(C)NC(=O)N(Cc2ccc(Br)cc2N)C1=O. The van der Waals surface area contributed by atoms with Crippen LogP contribution in [-0.4, -0.2) is 22.4 Å². The summed E-state index contributed by atoms with van der Waals surface area (Å²) in [4.78, 5) is 25.3. The third-order valence-corrected chi connectivity index (χ3v) is 3.98. The molecule has 1 aromatic rings. The minimum Gasteiger partial charge on any atom is -0.398 e. The number of hydrogen-bond acceptors (Lipinski definition) is 3. The summed E-state index contributed by atoms with van der Waals surface area (Å²) in [6, 6.07) is 5.04. The Kier molecular flexibility index (Phi) is 3.54. The van der Waals surface area contributed by atoms with Crippen molar-refractivity contribution >= 4 is 33.6 Å². The van der Waals surface area contributed by atoms with E-state index >= 15 is 0 Å². The molecule has 19 heavy (non-hydrogen) atoms. The van der Waals surface area contributed by atoms with Crippen LogP contribution in [-0.2, 0) is 11.3 Å². The molecule has 0 saturated carbocycles. The molecule has 0 bridgehead atoms. The molecule has 5 nitrogen and oxygen atoms in total. The van der Waals surface area contributed by atoms with E-state index in [4.69, 9.17) is 5.73 Å². The number of imide groups is 1. The Balaban J connectivity index is 2.24. The number of benzene rings is 1. The first-order valence-corrected chi connectivity index (χ1v) is 6.84. The molecule has 0 aliphatic carbocycles. The first kappa shape index (κ1) is 13.9. The summed E-state index contributed by atoms with van der Waals surface area (Å²) in [6.07, 6.45) is 0.559. The number of anilines is 1. The van der Waals surface area contributed by atoms with E-state index < -0.39 is 5.54 Å². The molecule has 1 heterocycles. The van der Waals surface area contributed by atoms with Crippen molar-refractivity contribution in [2.75, 3.05) is 5.73 Å². The number of urea groups is 1. The molecule has 1 aromatic carbocycles. The van der Waals surface area contributed by atoms with Crippen LogP contribution in [0, 0.1) is 0 Å². The van der Waals surface area contributed by atoms with Gasteiger partial charge in [0.2, 0.25) is 0 Å². The fourth-order valence-electron chi connectivity index (χ4n) is 2.01. The molecule has 1 saturated heterocycles. The van der Waals surface area contributed by atoms with Gasteiger partial charge in [0.25, 0.3) is 5.91 Å². The highest BCUT2D eigenvalue weighted by molar-refractivity contribution is 9.10. The van der Waals surface area contributed by atoms with Gasteiger partial charge in [-0.15, -0.1) is 0 Å². The molecule has 3 amide bonds. The third-order valence-electron chi connectivity index (χ3n) is 3.49. The van der Waals surface area contributed by atoms with Crippen LogP contribution in [0.15, 0.2) is 22.7 Å². The number of amides is 3. The third kappa shape index (κ3) is 2.45. The van der Waals surface area contributed by atoms with E-state index in [2.05, 4.69) is 21.2 Å². The Morgan fingerprint density at radius 1 is 1.42 bits per heavy atom. The zero-order chi connectivity index (χ0) is 14.2. The molecule has 1 aliphatic heterocycles. The molecule has 1 aliphatic rings. The molecule has 1 fully saturated rings. The van der Waals surface area contributed by atoms with Crippen molar-refractivity contribution in [1.82, 2.24) is 10.2 Å². The average molecular weight is 326 g/mol. The number of nitrogens with zero attached hydrogens (tertiary/aromatic N) is 1. The minimum atomic E-state index is -0.804. The van der Waals surface area contributed by atoms with Crippen molar-refractivity contribution < 1.29 is 9.59 Å². The second kappa shape index (κ2) is 4.85. The van der Waals surface area contributed by atoms with Crippen molar-refractivity contribution in [2.45, 2.75) is 32.4 Å². The maximum Gasteiger partial charge on any atom is 0.325 e. The smallest absolute Gasteiger partial charge is 0.325 e. The van der Waals surface area contributed by atoms with Crippen LogP contribution in [0.4, 0.5) is 10.5 Å². The Morgan fingerprint density at radius 2 is 2.11 bits per heavy atom. The van der Waals surface area contributed by atoms with Gasteiger partial charge in [0.1, 0.15) is 5.54 Å². The van der Waals surface area contributed by atoms with Gasteiger partial charge in [-0.25, -0.2) is 4.79 Å². The summed E-state index contributed by atoms with van der Waals surface area (Å²) < 4.78 is 0.865. The van der Waals surface area contributed by atoms with Crippen LogP contribution in [0.3, 0.4) is 0 Å². The number of nitrogens with two attached hydrogens (primary N) is 1. The Hall–Kier alpha value is -1.56. The topological polar surface area (TPSA) is 75.4 Å². The first-order chi connectivity index (χ1) is 8.87. The number of halogens is 1. The van der Waals surface area contributed by atoms with Crippen molar-refractivity contribution in [3.05, 3.63) is 28.2 Å². The molecular weight excluding hydrogens is 310 g/mol. The molecule has 2 rings (SSSR count). The van der Waals surface area contributed by atoms with E-state index in [1.807, 2.05) is 19.1 Å². The number of nitrogens with one attached hydrogen (secondary N) is 1. The lowest BCUT2D eigenvalue weighted by molar-refractivity contribution is -0.131. The largest absolute Gasteiger partial charge is 0.398 e. The molecule has 1 unspecified atom stereocenters. The van der Waals surface area contributed by atoms with Crippen LogP contribution in [0.1, 0.15) is 25.8 Å². The highest BCUT2D eigenvalue weighted by Crippen LogP contribution is 2.25. The number of hydrogen-bond donors (Lipinski definition) is 2. The van der Waals surface area contributed by atoms with Crippen molar-refractivity contribution in [2.24, 2.45) is 0 Å². The minimum absolute atomic E-state index is 0.194. The second-order valence-electron chi connectivity index (χ2n) is 4.85. The maximum absolute atomic E-state index is 12.2. The fraction of sp³-hybridized carbons (Fsp3) is 0.385. The lowest BCUT2D eigenvalue weighted by Gasteiger charge is -2.19. The Bertz CT molecular complexity index is 547. The Morgan fingerprint density at radius 3 is 2.63 bits per heavy atom. The van der Waals surface area contributed by atoms with E-state index in [0.29, 0.717) is 12.1 Å². The standard InChI is InChI=1S/C13H16BrN3O2/c1-3-13(2)11(18)17(12(19)16-13)7-8-4-5-9(14)6-10(8)15/h4-6H,3,7,15H2,1-2H3,(H,16,19). The predicted octanol–water partition coefficient (Wildman–Crippen LogP) is 2.25. The highest BCUT2D eigenvalue weighted by atomic mass is 79.9. The summed E-state index contributed by atoms with van der Waals surface area (Å²) in [5.74, 6) is -0.206. The maximum atomic E-state index is 12.2. The van der Waals surface area contributed by atoms with Gasteiger partial charge in [-0.05, 0) is 31.0 Å². The van der Waals surface area contributed by atoms with E-state index in [9.17, 15) is 9.59 Å². The Labute approximate surface area is 120 Å². The summed E-state index contributed by atoms with van der Waals surface area (Å²) >= 11 is 3.32. The van der Waals surface area contributed by atoms with E-state index in [-0.39, 0.29) is 18.5 Å². The molecular formula is C13H16BrN3O2. The van der Waals surface area contributed by atoms with Gasteiger partial charge < -0.3 is 11.1 Å². The summed E-state index contributed by atoms with van der Waals surface area (Å²) in [6.45, 7) is 3.80. The first-order valence-electron chi connectivity index (χ1n) is 6.05. The molecule has 0 aromatic heterocycles. The lowest BCUT2D eigenvalue weighted by atomic mass is 9.99. The molecule has 6 heteroatoms. The summed E-state index contributed by atoms with van der Waals surface area (Å²) in [7, 11) is 0. The van der Waals surface area contributed by atoms with Crippen LogP contribution in [0.25, 0.3) is 0 Å². The van der Waals surface area contributed by atoms with Crippen LogP contribution in [0.2, 0.25) is 0 Å². The van der Waals surface area contributed by atoms with Crippen LogP contribution < -0.4 is 11.1 Å². The van der Waals surface area contributed by atoms with Gasteiger partial charge in [-0.3, -0.25) is 9.69 Å². The highest BCUT2D eigenvalue weighted by Gasteiger charge is 2.46. The summed E-state index contributed by atoms with van der Waals surface area (Å²) in [5.41, 5.74) is 6.40. The number of carbonyl (C=O) groups is 2. The van der Waals surface area contributed by atoms with Crippen molar-refractivity contribution in [3.63, 3.8) is 0 Å². The average Bonchev–Trinajstić information content (AvgIpc) is 2.56. The van der Waals surface area contributed by atoms with E-state index in [1.165, 1.54) is 4.90 Å². The molecule has 1 atom stereocenters. The zero-order valence-electron chi connectivity index (χ0n) is 10.9. The van der Waals surface area contributed by atoms with Gasteiger partial charge in [0.15, 0.2) is 0 Å². The van der Waals surface area contributed by atoms with Crippen molar-refractivity contribution in [3.8, 4) is 0 Å². The van der Waals surface area contributed by atoms with Gasteiger partial charge in [0.05, 0.1) is 6.54 Å². The van der Waals surface area contributed by atoms with Gasteiger partial charge in [-0.1, -0.05) is 28.9 Å². The monoisotopic (exact) mass is 325 g/mol. The quantitative estimate of drug-likeness (QED) is 0.661. The van der Waals surface area contributed by atoms with E-state index in [1.54, 1.807) is 13.0 Å². The zero-order valence-corrected chi connectivity index (χ0v) is 12.5. The van der Waals surface area contributed by atoms with E-state index in [0.717, 1.165) is 10.0 Å². The lowest BCUT2D eigenvalue weighted by Crippen LogP contribution is -2.43. The molecule has 0 spiro atoms. The molecule has 0 radical (unpaired) electrons. The molecule has 102 valence electrons. The van der Waals surface area contributed by atoms with Crippen molar-refractivity contribution in [1.29, 1.82) is 0 Å². The summed E-state index contributed by atoms with van der Waals surface area (Å²) in [5, 5.41) is 2.72.